The predicted octanol–water partition coefficient (Wildman–Crippen LogP) is 1.71. The van der Waals surface area contributed by atoms with Crippen LogP contribution in [0.4, 0.5) is 11.4 Å². The molecule has 0 bridgehead atoms. The summed E-state index contributed by atoms with van der Waals surface area (Å²) >= 11 is -3.94. The molecule has 0 fully saturated rings. The van der Waals surface area contributed by atoms with Crippen LogP contribution in [0.25, 0.3) is 0 Å². The molecular formula is C6H6AlF3. The molecule has 1 aromatic carbocycles. The van der Waals surface area contributed by atoms with Gasteiger partial charge in [0, 0.05) is 1.43 Å². The van der Waals surface area contributed by atoms with Crippen molar-refractivity contribution in [3.63, 3.8) is 0 Å². The summed E-state index contributed by atoms with van der Waals surface area (Å²) in [7, 11) is 0. The molecule has 0 spiro atoms. The van der Waals surface area contributed by atoms with Gasteiger partial charge in [0.15, 0.2) is 0 Å². The number of halogens is 3. The summed E-state index contributed by atoms with van der Waals surface area (Å²) < 4.78 is 35.8. The molecule has 0 aliphatic heterocycles. The molecule has 0 atom stereocenters. The van der Waals surface area contributed by atoms with Gasteiger partial charge in [0.05, 0.1) is 0 Å². The first kappa shape index (κ1) is 7.65. The summed E-state index contributed by atoms with van der Waals surface area (Å²) in [5.41, 5.74) is 0. The quantitative estimate of drug-likeness (QED) is 0.551. The lowest BCUT2D eigenvalue weighted by molar-refractivity contribution is 0.622. The normalized spacial score (nSPS) is 9.50. The Kier molecular flexibility index (Phi) is 2.36. The highest BCUT2D eigenvalue weighted by Gasteiger charge is 2.27. The third kappa shape index (κ3) is 1.53. The van der Waals surface area contributed by atoms with Crippen molar-refractivity contribution >= 4 is 19.5 Å². The van der Waals surface area contributed by atoms with Crippen molar-refractivity contribution in [2.24, 2.45) is 0 Å². The molecule has 4 heteroatoms. The molecule has 0 saturated heterocycles. The van der Waals surface area contributed by atoms with Crippen molar-refractivity contribution in [2.45, 2.75) is 0 Å². The highest BCUT2D eigenvalue weighted by molar-refractivity contribution is 6.60. The molecule has 1 aromatic rings. The lowest BCUT2D eigenvalue weighted by Crippen LogP contribution is -2.23. The molecule has 0 radical (unpaired) electrons. The Hall–Kier alpha value is -0.458. The van der Waals surface area contributed by atoms with Gasteiger partial charge in [-0.05, 0) is 10.5 Å². The molecule has 0 heterocycles. The molecule has 54 valence electrons. The Bertz CT molecular complexity index is 229. The molecule has 0 aliphatic rings. The molecule has 0 aromatic heterocycles. The Labute approximate surface area is 63.1 Å². The zero-order chi connectivity index (χ0) is 7.56. The van der Waals surface area contributed by atoms with E-state index in [-0.39, 0.29) is 1.43 Å². The van der Waals surface area contributed by atoms with E-state index in [9.17, 15) is 11.4 Å². The van der Waals surface area contributed by atoms with Crippen LogP contribution < -0.4 is 4.43 Å². The van der Waals surface area contributed by atoms with Gasteiger partial charge >= 0.3 is 15.1 Å². The van der Waals surface area contributed by atoms with Gasteiger partial charge in [0.1, 0.15) is 5.82 Å². The first-order chi connectivity index (χ1) is 4.72. The third-order valence-electron chi connectivity index (χ3n) is 1.14. The monoisotopic (exact) mass is 162 g/mol. The molecule has 0 N–H and O–H groups in total. The summed E-state index contributed by atoms with van der Waals surface area (Å²) in [5, 5.41) is 0. The number of benzene rings is 1. The van der Waals surface area contributed by atoms with E-state index in [1.807, 2.05) is 0 Å². The van der Waals surface area contributed by atoms with E-state index in [1.54, 1.807) is 0 Å². The fourth-order valence-corrected chi connectivity index (χ4v) is 1.21. The number of hydrogen-bond acceptors (Lipinski definition) is 0. The highest BCUT2D eigenvalue weighted by Crippen LogP contribution is 1.96. The van der Waals surface area contributed by atoms with E-state index in [1.165, 1.54) is 12.1 Å². The SMILES string of the molecule is Fc1cccc[c]1[Al]([F])[F].[HH]. The Morgan fingerprint density at radius 3 is 2.20 bits per heavy atom. The topological polar surface area (TPSA) is 0 Å². The fraction of sp³-hybridized carbons (Fsp3) is 0. The first-order valence-electron chi connectivity index (χ1n) is 2.74. The van der Waals surface area contributed by atoms with Crippen LogP contribution in [-0.2, 0) is 0 Å². The maximum Gasteiger partial charge on any atom is 0.805 e. The van der Waals surface area contributed by atoms with Crippen LogP contribution >= 0.6 is 0 Å². The fourth-order valence-electron chi connectivity index (χ4n) is 0.652. The van der Waals surface area contributed by atoms with Crippen molar-refractivity contribution in [1.29, 1.82) is 0 Å². The summed E-state index contributed by atoms with van der Waals surface area (Å²) in [5.74, 6) is -0.788. The molecule has 10 heavy (non-hydrogen) atoms. The molecule has 0 unspecified atom stereocenters. The van der Waals surface area contributed by atoms with E-state index < -0.39 is 25.3 Å². The zero-order valence-electron chi connectivity index (χ0n) is 5.02. The van der Waals surface area contributed by atoms with Gasteiger partial charge < -0.3 is 7.05 Å². The van der Waals surface area contributed by atoms with Crippen molar-refractivity contribution in [1.82, 2.24) is 0 Å². The molecular weight excluding hydrogens is 156 g/mol. The zero-order valence-corrected chi connectivity index (χ0v) is 6.18. The van der Waals surface area contributed by atoms with E-state index >= 15 is 0 Å². The standard InChI is InChI=1S/C6H4F.Al.2FH.H2/c7-6-4-2-1-3-5-6;;;;/h1-4H;;3*1H/q;+2;;;/p-2. The van der Waals surface area contributed by atoms with E-state index in [0.29, 0.717) is 0 Å². The molecule has 1 rings (SSSR count). The second-order valence-corrected chi connectivity index (χ2v) is 3.05. The molecule has 0 aliphatic carbocycles. The van der Waals surface area contributed by atoms with Crippen molar-refractivity contribution in [3.05, 3.63) is 30.1 Å². The maximum atomic E-state index is 12.4. The average molecular weight is 162 g/mol. The summed E-state index contributed by atoms with van der Waals surface area (Å²) in [6.07, 6.45) is 0. The summed E-state index contributed by atoms with van der Waals surface area (Å²) in [6.45, 7) is 0. The van der Waals surface area contributed by atoms with E-state index in [4.69, 9.17) is 0 Å². The Balaban J connectivity index is 0.000001000. The third-order valence-corrected chi connectivity index (χ3v) is 2.08. The van der Waals surface area contributed by atoms with Crippen LogP contribution in [0.5, 0.6) is 0 Å². The minimum absolute atomic E-state index is 0. The van der Waals surface area contributed by atoms with Crippen molar-refractivity contribution < 1.29 is 12.9 Å². The van der Waals surface area contributed by atoms with E-state index in [0.717, 1.165) is 12.1 Å². The van der Waals surface area contributed by atoms with Gasteiger partial charge in [0.25, 0.3) is 0 Å². The molecule has 0 amide bonds. The Morgan fingerprint density at radius 2 is 1.80 bits per heavy atom. The summed E-state index contributed by atoms with van der Waals surface area (Å²) in [6, 6.07) is 4.99. The van der Waals surface area contributed by atoms with Crippen molar-refractivity contribution in [2.75, 3.05) is 0 Å². The number of hydrogen-bond donors (Lipinski definition) is 0. The van der Waals surface area contributed by atoms with Crippen molar-refractivity contribution in [3.8, 4) is 0 Å². The van der Waals surface area contributed by atoms with Crippen LogP contribution in [0.15, 0.2) is 24.3 Å². The van der Waals surface area contributed by atoms with Crippen LogP contribution in [-0.4, -0.2) is 15.1 Å². The van der Waals surface area contributed by atoms with Gasteiger partial charge in [-0.15, -0.1) is 0 Å². The van der Waals surface area contributed by atoms with Gasteiger partial charge in [-0.1, -0.05) is 18.2 Å². The van der Waals surface area contributed by atoms with Gasteiger partial charge in [0.2, 0.25) is 0 Å². The van der Waals surface area contributed by atoms with E-state index in [2.05, 4.69) is 0 Å². The second-order valence-electron chi connectivity index (χ2n) is 1.82. The van der Waals surface area contributed by atoms with Crippen LogP contribution in [0, 0.1) is 5.82 Å². The molecule has 0 nitrogen and oxygen atoms in total. The van der Waals surface area contributed by atoms with Crippen LogP contribution in [0.1, 0.15) is 1.43 Å². The smallest absolute Gasteiger partial charge is 0.370 e. The number of rotatable bonds is 1. The van der Waals surface area contributed by atoms with Crippen LogP contribution in [0.2, 0.25) is 0 Å². The predicted molar refractivity (Wildman–Crippen MR) is 36.1 cm³/mol. The average Bonchev–Trinajstić information content (AvgIpc) is 1.88. The maximum absolute atomic E-state index is 12.4. The lowest BCUT2D eigenvalue weighted by Gasteiger charge is -1.93. The van der Waals surface area contributed by atoms with Crippen LogP contribution in [0.3, 0.4) is 0 Å². The first-order valence-corrected chi connectivity index (χ1v) is 4.19. The minimum Gasteiger partial charge on any atom is -0.370 e. The Morgan fingerprint density at radius 1 is 1.20 bits per heavy atom. The highest BCUT2D eigenvalue weighted by atomic mass is 27.3. The summed E-state index contributed by atoms with van der Waals surface area (Å²) in [4.78, 5) is 0. The largest absolute Gasteiger partial charge is 0.805 e. The minimum atomic E-state index is -3.94. The second kappa shape index (κ2) is 3.09. The lowest BCUT2D eigenvalue weighted by atomic mass is 10.3. The van der Waals surface area contributed by atoms with Gasteiger partial charge in [-0.2, -0.15) is 0 Å². The van der Waals surface area contributed by atoms with Gasteiger partial charge in [-0.25, -0.2) is 4.39 Å². The van der Waals surface area contributed by atoms with Gasteiger partial charge in [-0.3, -0.25) is 0 Å². The molecule has 0 saturated carbocycles.